The normalized spacial score (nSPS) is 47.5. The van der Waals surface area contributed by atoms with E-state index in [0.717, 1.165) is 31.5 Å². The Balaban J connectivity index is 1.51. The maximum absolute atomic E-state index is 6.28. The molecule has 4 unspecified atom stereocenters. The van der Waals surface area contributed by atoms with Gasteiger partial charge in [0.15, 0.2) is 0 Å². The number of nitrogens with zero attached hydrogens (tertiary/aromatic N) is 1. The van der Waals surface area contributed by atoms with E-state index in [2.05, 4.69) is 4.90 Å². The zero-order valence-corrected chi connectivity index (χ0v) is 12.0. The molecule has 2 N–H and O–H groups in total. The van der Waals surface area contributed by atoms with Crippen molar-refractivity contribution in [2.24, 2.45) is 17.6 Å². The number of nitrogens with two attached hydrogens (primary N) is 1. The highest BCUT2D eigenvalue weighted by molar-refractivity contribution is 5.02. The molecule has 4 rings (SSSR count). The highest BCUT2D eigenvalue weighted by Gasteiger charge is 2.47. The van der Waals surface area contributed by atoms with Gasteiger partial charge in [-0.2, -0.15) is 0 Å². The minimum absolute atomic E-state index is 0.316. The van der Waals surface area contributed by atoms with Crippen LogP contribution < -0.4 is 5.73 Å². The Kier molecular flexibility index (Phi) is 3.13. The molecular formula is C16H28N2O. The van der Waals surface area contributed by atoms with E-state index in [1.165, 1.54) is 51.4 Å². The van der Waals surface area contributed by atoms with Crippen LogP contribution in [0.25, 0.3) is 0 Å². The van der Waals surface area contributed by atoms with Crippen molar-refractivity contribution in [1.82, 2.24) is 4.90 Å². The smallest absolute Gasteiger partial charge is 0.0707 e. The molecule has 0 spiro atoms. The summed E-state index contributed by atoms with van der Waals surface area (Å²) in [6.45, 7) is 3.14. The second-order valence-corrected chi connectivity index (χ2v) is 7.48. The van der Waals surface area contributed by atoms with Crippen LogP contribution in [0.5, 0.6) is 0 Å². The lowest BCUT2D eigenvalue weighted by molar-refractivity contribution is -0.0911. The molecule has 2 saturated carbocycles. The van der Waals surface area contributed by atoms with Crippen LogP contribution >= 0.6 is 0 Å². The average molecular weight is 264 g/mol. The molecular weight excluding hydrogens is 236 g/mol. The van der Waals surface area contributed by atoms with E-state index < -0.39 is 0 Å². The first-order valence-corrected chi connectivity index (χ1v) is 8.40. The van der Waals surface area contributed by atoms with Crippen LogP contribution in [0.3, 0.4) is 0 Å². The summed E-state index contributed by atoms with van der Waals surface area (Å²) in [7, 11) is 0. The number of rotatable bonds is 3. The molecule has 0 aromatic heterocycles. The largest absolute Gasteiger partial charge is 0.372 e. The third kappa shape index (κ3) is 2.24. The minimum atomic E-state index is 0.316. The van der Waals surface area contributed by atoms with Crippen molar-refractivity contribution in [3.05, 3.63) is 0 Å². The number of morpholine rings is 1. The fourth-order valence-corrected chi connectivity index (χ4v) is 4.96. The first kappa shape index (κ1) is 12.6. The molecule has 19 heavy (non-hydrogen) atoms. The maximum Gasteiger partial charge on any atom is 0.0707 e. The lowest BCUT2D eigenvalue weighted by Crippen LogP contribution is -2.61. The molecule has 2 saturated heterocycles. The van der Waals surface area contributed by atoms with Gasteiger partial charge in [0, 0.05) is 25.2 Å². The van der Waals surface area contributed by atoms with Crippen LogP contribution in [0.15, 0.2) is 0 Å². The molecule has 4 atom stereocenters. The Morgan fingerprint density at radius 3 is 2.37 bits per heavy atom. The third-order valence-corrected chi connectivity index (χ3v) is 6.24. The van der Waals surface area contributed by atoms with E-state index in [1.807, 2.05) is 0 Å². The summed E-state index contributed by atoms with van der Waals surface area (Å²) in [4.78, 5) is 2.74. The molecule has 108 valence electrons. The lowest BCUT2D eigenvalue weighted by Gasteiger charge is -2.51. The fraction of sp³-hybridized carbons (Fsp3) is 1.00. The molecule has 4 aliphatic rings. The van der Waals surface area contributed by atoms with Crippen LogP contribution in [0.2, 0.25) is 0 Å². The van der Waals surface area contributed by atoms with Crippen molar-refractivity contribution in [2.75, 3.05) is 19.6 Å². The second kappa shape index (κ2) is 4.71. The van der Waals surface area contributed by atoms with Crippen molar-refractivity contribution < 1.29 is 4.74 Å². The molecule has 2 bridgehead atoms. The molecule has 0 aromatic carbocycles. The molecule has 2 aliphatic heterocycles. The predicted octanol–water partition coefficient (Wildman–Crippen LogP) is 2.15. The quantitative estimate of drug-likeness (QED) is 0.849. The summed E-state index contributed by atoms with van der Waals surface area (Å²) in [6, 6.07) is 0. The van der Waals surface area contributed by atoms with Gasteiger partial charge < -0.3 is 10.5 Å². The van der Waals surface area contributed by atoms with E-state index in [1.54, 1.807) is 0 Å². The lowest BCUT2D eigenvalue weighted by atomic mass is 9.72. The van der Waals surface area contributed by atoms with Crippen LogP contribution in [0, 0.1) is 11.8 Å². The van der Waals surface area contributed by atoms with Gasteiger partial charge in [0.1, 0.15) is 0 Å². The van der Waals surface area contributed by atoms with Gasteiger partial charge in [0.05, 0.1) is 12.2 Å². The van der Waals surface area contributed by atoms with Gasteiger partial charge >= 0.3 is 0 Å². The van der Waals surface area contributed by atoms with Gasteiger partial charge in [-0.3, -0.25) is 4.90 Å². The van der Waals surface area contributed by atoms with Crippen molar-refractivity contribution in [2.45, 2.75) is 69.1 Å². The Labute approximate surface area is 116 Å². The van der Waals surface area contributed by atoms with Gasteiger partial charge in [-0.25, -0.2) is 0 Å². The van der Waals surface area contributed by atoms with Gasteiger partial charge in [0.25, 0.3) is 0 Å². The van der Waals surface area contributed by atoms with Gasteiger partial charge in [-0.05, 0) is 50.4 Å². The van der Waals surface area contributed by atoms with E-state index in [0.29, 0.717) is 17.7 Å². The average Bonchev–Trinajstić information content (AvgIpc) is 3.25. The summed E-state index contributed by atoms with van der Waals surface area (Å²) in [6.07, 6.45) is 12.1. The minimum Gasteiger partial charge on any atom is -0.372 e. The zero-order chi connectivity index (χ0) is 12.9. The van der Waals surface area contributed by atoms with E-state index >= 15 is 0 Å². The maximum atomic E-state index is 6.28. The van der Waals surface area contributed by atoms with Gasteiger partial charge in [0.2, 0.25) is 0 Å². The molecule has 3 heteroatoms. The SMILES string of the molecule is NCC1(N2CC3CCC(C2)O3)CCCC(C2CC2)C1. The molecule has 2 aliphatic carbocycles. The fourth-order valence-electron chi connectivity index (χ4n) is 4.96. The monoisotopic (exact) mass is 264 g/mol. The molecule has 0 amide bonds. The Bertz CT molecular complexity index is 332. The van der Waals surface area contributed by atoms with Crippen molar-refractivity contribution in [3.63, 3.8) is 0 Å². The van der Waals surface area contributed by atoms with Crippen LogP contribution in [-0.4, -0.2) is 42.3 Å². The summed E-state index contributed by atoms with van der Waals surface area (Å²) in [5.74, 6) is 2.02. The summed E-state index contributed by atoms with van der Waals surface area (Å²) >= 11 is 0. The molecule has 3 nitrogen and oxygen atoms in total. The highest BCUT2D eigenvalue weighted by Crippen LogP contribution is 2.48. The molecule has 0 aromatic rings. The van der Waals surface area contributed by atoms with Crippen LogP contribution in [-0.2, 0) is 4.74 Å². The number of hydrogen-bond donors (Lipinski definition) is 1. The number of ether oxygens (including phenoxy) is 1. The summed E-state index contributed by atoms with van der Waals surface area (Å²) in [5.41, 5.74) is 6.60. The topological polar surface area (TPSA) is 38.5 Å². The summed E-state index contributed by atoms with van der Waals surface area (Å²) in [5, 5.41) is 0. The Hall–Kier alpha value is -0.120. The first-order chi connectivity index (χ1) is 9.29. The highest BCUT2D eigenvalue weighted by atomic mass is 16.5. The zero-order valence-electron chi connectivity index (χ0n) is 12.0. The number of hydrogen-bond acceptors (Lipinski definition) is 3. The standard InChI is InChI=1S/C16H28N2O/c17-11-16(7-1-2-13(8-16)12-3-4-12)18-9-14-5-6-15(10-18)19-14/h12-15H,1-11,17H2. The van der Waals surface area contributed by atoms with E-state index in [4.69, 9.17) is 10.5 Å². The number of likely N-dealkylation sites (tertiary alicyclic amines) is 1. The van der Waals surface area contributed by atoms with Crippen molar-refractivity contribution in [3.8, 4) is 0 Å². The second-order valence-electron chi connectivity index (χ2n) is 7.48. The predicted molar refractivity (Wildman–Crippen MR) is 75.9 cm³/mol. The first-order valence-electron chi connectivity index (χ1n) is 8.40. The van der Waals surface area contributed by atoms with E-state index in [-0.39, 0.29) is 0 Å². The van der Waals surface area contributed by atoms with Crippen molar-refractivity contribution >= 4 is 0 Å². The van der Waals surface area contributed by atoms with Crippen molar-refractivity contribution in [1.29, 1.82) is 0 Å². The Morgan fingerprint density at radius 2 is 1.74 bits per heavy atom. The van der Waals surface area contributed by atoms with Gasteiger partial charge in [-0.1, -0.05) is 12.8 Å². The van der Waals surface area contributed by atoms with E-state index in [9.17, 15) is 0 Å². The van der Waals surface area contributed by atoms with Crippen LogP contribution in [0.1, 0.15) is 51.4 Å². The summed E-state index contributed by atoms with van der Waals surface area (Å²) < 4.78 is 6.01. The van der Waals surface area contributed by atoms with Gasteiger partial charge in [-0.15, -0.1) is 0 Å². The number of fused-ring (bicyclic) bond motifs is 2. The Morgan fingerprint density at radius 1 is 1.00 bits per heavy atom. The molecule has 4 fully saturated rings. The molecule has 2 heterocycles. The molecule has 0 radical (unpaired) electrons. The third-order valence-electron chi connectivity index (χ3n) is 6.24. The van der Waals surface area contributed by atoms with Crippen LogP contribution in [0.4, 0.5) is 0 Å².